The van der Waals surface area contributed by atoms with Gasteiger partial charge in [-0.15, -0.1) is 0 Å². The van der Waals surface area contributed by atoms with E-state index < -0.39 is 0 Å². The molecule has 2 rings (SSSR count). The molecular weight excluding hydrogens is 266 g/mol. The van der Waals surface area contributed by atoms with Crippen molar-refractivity contribution < 1.29 is 9.53 Å². The Kier molecular flexibility index (Phi) is 4.70. The molecule has 1 aliphatic heterocycles. The third kappa shape index (κ3) is 3.28. The lowest BCUT2D eigenvalue weighted by molar-refractivity contribution is 0.0527. The predicted molar refractivity (Wildman–Crippen MR) is 84.4 cm³/mol. The van der Waals surface area contributed by atoms with Crippen LogP contribution in [0.3, 0.4) is 0 Å². The number of aromatic nitrogens is 1. The Labute approximate surface area is 126 Å². The average molecular weight is 291 g/mol. The van der Waals surface area contributed by atoms with Gasteiger partial charge in [-0.3, -0.25) is 0 Å². The number of carbonyl (C=O) groups is 1. The van der Waals surface area contributed by atoms with E-state index in [1.54, 1.807) is 19.2 Å². The van der Waals surface area contributed by atoms with Crippen LogP contribution in [0.4, 0.5) is 11.5 Å². The van der Waals surface area contributed by atoms with Crippen LogP contribution in [0.25, 0.3) is 0 Å². The van der Waals surface area contributed by atoms with Crippen molar-refractivity contribution in [1.82, 2.24) is 4.98 Å². The Morgan fingerprint density at radius 1 is 1.48 bits per heavy atom. The maximum Gasteiger partial charge on any atom is 0.340 e. The second-order valence-corrected chi connectivity index (χ2v) is 6.06. The molecule has 3 atom stereocenters. The van der Waals surface area contributed by atoms with Crippen LogP contribution in [0.15, 0.2) is 12.3 Å². The van der Waals surface area contributed by atoms with E-state index in [4.69, 9.17) is 10.5 Å². The minimum Gasteiger partial charge on any atom is -0.462 e. The summed E-state index contributed by atoms with van der Waals surface area (Å²) in [7, 11) is 0. The SMILES string of the molecule is CCOC(=O)c1cc(N2CC(C)CC(C)C2C)ncc1N. The standard InChI is InChI=1S/C16H25N3O2/c1-5-21-16(20)13-7-15(18-8-14(13)17)19-9-10(2)6-11(3)12(19)4/h7-8,10-12H,5-6,9,17H2,1-4H3. The van der Waals surface area contributed by atoms with Crippen LogP contribution in [0, 0.1) is 11.8 Å². The van der Waals surface area contributed by atoms with Crippen LogP contribution in [-0.2, 0) is 4.74 Å². The quantitative estimate of drug-likeness (QED) is 0.867. The lowest BCUT2D eigenvalue weighted by Gasteiger charge is -2.42. The molecule has 2 N–H and O–H groups in total. The lowest BCUT2D eigenvalue weighted by Crippen LogP contribution is -2.46. The first-order chi connectivity index (χ1) is 9.93. The van der Waals surface area contributed by atoms with Crippen molar-refractivity contribution >= 4 is 17.5 Å². The van der Waals surface area contributed by atoms with Crippen LogP contribution in [0.5, 0.6) is 0 Å². The number of hydrogen-bond donors (Lipinski definition) is 1. The van der Waals surface area contributed by atoms with E-state index >= 15 is 0 Å². The van der Waals surface area contributed by atoms with E-state index in [9.17, 15) is 4.79 Å². The molecule has 3 unspecified atom stereocenters. The number of ether oxygens (including phenoxy) is 1. The zero-order valence-electron chi connectivity index (χ0n) is 13.3. The van der Waals surface area contributed by atoms with Gasteiger partial charge in [0, 0.05) is 12.6 Å². The second-order valence-electron chi connectivity index (χ2n) is 6.06. The predicted octanol–water partition coefficient (Wildman–Crippen LogP) is 2.71. The number of pyridine rings is 1. The molecule has 2 heterocycles. The van der Waals surface area contributed by atoms with Crippen LogP contribution in [0.1, 0.15) is 44.5 Å². The molecule has 0 aliphatic carbocycles. The van der Waals surface area contributed by atoms with Crippen molar-refractivity contribution in [3.05, 3.63) is 17.8 Å². The van der Waals surface area contributed by atoms with Gasteiger partial charge < -0.3 is 15.4 Å². The van der Waals surface area contributed by atoms with E-state index in [-0.39, 0.29) is 5.97 Å². The summed E-state index contributed by atoms with van der Waals surface area (Å²) in [6.45, 7) is 9.79. The molecule has 0 spiro atoms. The van der Waals surface area contributed by atoms with Crippen molar-refractivity contribution in [1.29, 1.82) is 0 Å². The molecule has 21 heavy (non-hydrogen) atoms. The summed E-state index contributed by atoms with van der Waals surface area (Å²) in [5.74, 6) is 1.63. The minimum atomic E-state index is -0.385. The molecule has 1 fully saturated rings. The number of nitrogens with zero attached hydrogens (tertiary/aromatic N) is 2. The zero-order valence-corrected chi connectivity index (χ0v) is 13.3. The molecule has 5 nitrogen and oxygen atoms in total. The molecular formula is C16H25N3O2. The summed E-state index contributed by atoms with van der Waals surface area (Å²) in [6, 6.07) is 2.15. The van der Waals surface area contributed by atoms with E-state index in [0.717, 1.165) is 12.4 Å². The third-order valence-electron chi connectivity index (χ3n) is 4.31. The van der Waals surface area contributed by atoms with Gasteiger partial charge in [0.25, 0.3) is 0 Å². The van der Waals surface area contributed by atoms with Gasteiger partial charge in [0.05, 0.1) is 24.1 Å². The fraction of sp³-hybridized carbons (Fsp3) is 0.625. The van der Waals surface area contributed by atoms with E-state index in [2.05, 4.69) is 30.7 Å². The monoisotopic (exact) mass is 291 g/mol. The first-order valence-electron chi connectivity index (χ1n) is 7.63. The van der Waals surface area contributed by atoms with Crippen LogP contribution in [-0.4, -0.2) is 30.1 Å². The molecule has 1 aromatic heterocycles. The van der Waals surface area contributed by atoms with E-state index in [0.29, 0.717) is 35.7 Å². The Bertz CT molecular complexity index is 518. The summed E-state index contributed by atoms with van der Waals surface area (Å²) in [4.78, 5) is 18.6. The Morgan fingerprint density at radius 3 is 2.86 bits per heavy atom. The maximum atomic E-state index is 12.0. The number of esters is 1. The van der Waals surface area contributed by atoms with Gasteiger partial charge in [0.2, 0.25) is 0 Å². The van der Waals surface area contributed by atoms with E-state index in [1.807, 2.05) is 0 Å². The molecule has 0 radical (unpaired) electrons. The Hall–Kier alpha value is -1.78. The molecule has 1 aliphatic rings. The summed E-state index contributed by atoms with van der Waals surface area (Å²) in [6.07, 6.45) is 2.77. The van der Waals surface area contributed by atoms with Gasteiger partial charge in [-0.25, -0.2) is 9.78 Å². The molecule has 0 bridgehead atoms. The van der Waals surface area contributed by atoms with Crippen molar-refractivity contribution in [2.24, 2.45) is 11.8 Å². The zero-order chi connectivity index (χ0) is 15.6. The highest BCUT2D eigenvalue weighted by molar-refractivity contribution is 5.95. The van der Waals surface area contributed by atoms with Gasteiger partial charge in [-0.1, -0.05) is 13.8 Å². The fourth-order valence-corrected chi connectivity index (χ4v) is 3.02. The lowest BCUT2D eigenvalue weighted by atomic mass is 9.86. The average Bonchev–Trinajstić information content (AvgIpc) is 2.43. The summed E-state index contributed by atoms with van der Waals surface area (Å²) in [5, 5.41) is 0. The molecule has 5 heteroatoms. The summed E-state index contributed by atoms with van der Waals surface area (Å²) in [5.41, 5.74) is 6.62. The normalized spacial score (nSPS) is 25.7. The summed E-state index contributed by atoms with van der Waals surface area (Å²) >= 11 is 0. The van der Waals surface area contributed by atoms with Gasteiger partial charge in [-0.05, 0) is 38.2 Å². The smallest absolute Gasteiger partial charge is 0.340 e. The van der Waals surface area contributed by atoms with Crippen molar-refractivity contribution in [3.63, 3.8) is 0 Å². The second kappa shape index (κ2) is 6.33. The first-order valence-corrected chi connectivity index (χ1v) is 7.63. The molecule has 1 saturated heterocycles. The Morgan fingerprint density at radius 2 is 2.19 bits per heavy atom. The van der Waals surface area contributed by atoms with Gasteiger partial charge >= 0.3 is 5.97 Å². The van der Waals surface area contributed by atoms with Crippen molar-refractivity contribution in [3.8, 4) is 0 Å². The molecule has 1 aromatic rings. The third-order valence-corrected chi connectivity index (χ3v) is 4.31. The number of piperidine rings is 1. The molecule has 0 amide bonds. The Balaban J connectivity index is 2.31. The first kappa shape index (κ1) is 15.6. The topological polar surface area (TPSA) is 68.5 Å². The van der Waals surface area contributed by atoms with Gasteiger partial charge in [0.1, 0.15) is 5.82 Å². The van der Waals surface area contributed by atoms with Crippen molar-refractivity contribution in [2.45, 2.75) is 40.2 Å². The van der Waals surface area contributed by atoms with Crippen LogP contribution < -0.4 is 10.6 Å². The number of nitrogens with two attached hydrogens (primary N) is 1. The van der Waals surface area contributed by atoms with Gasteiger partial charge in [-0.2, -0.15) is 0 Å². The minimum absolute atomic E-state index is 0.337. The molecule has 116 valence electrons. The molecule has 0 saturated carbocycles. The highest BCUT2D eigenvalue weighted by Crippen LogP contribution is 2.31. The number of nitrogen functional groups attached to an aromatic ring is 1. The van der Waals surface area contributed by atoms with Crippen LogP contribution in [0.2, 0.25) is 0 Å². The number of carbonyl (C=O) groups excluding carboxylic acids is 1. The fourth-order valence-electron chi connectivity index (χ4n) is 3.02. The van der Waals surface area contributed by atoms with E-state index in [1.165, 1.54) is 6.42 Å². The van der Waals surface area contributed by atoms with Crippen molar-refractivity contribution in [2.75, 3.05) is 23.8 Å². The highest BCUT2D eigenvalue weighted by Gasteiger charge is 2.30. The highest BCUT2D eigenvalue weighted by atomic mass is 16.5. The number of rotatable bonds is 3. The molecule has 0 aromatic carbocycles. The summed E-state index contributed by atoms with van der Waals surface area (Å²) < 4.78 is 5.05. The number of anilines is 2. The van der Waals surface area contributed by atoms with Gasteiger partial charge in [0.15, 0.2) is 0 Å². The maximum absolute atomic E-state index is 12.0. The largest absolute Gasteiger partial charge is 0.462 e. The number of hydrogen-bond acceptors (Lipinski definition) is 5. The van der Waals surface area contributed by atoms with Crippen LogP contribution >= 0.6 is 0 Å².